The molecule has 0 bridgehead atoms. The van der Waals surface area contributed by atoms with Gasteiger partial charge in [0, 0.05) is 65.1 Å². The van der Waals surface area contributed by atoms with Crippen molar-refractivity contribution < 1.29 is 38.8 Å². The summed E-state index contributed by atoms with van der Waals surface area (Å²) in [6.07, 6.45) is 9.50. The maximum Gasteiger partial charge on any atom is 0.164 e. The molecule has 3 aromatic carbocycles. The van der Waals surface area contributed by atoms with E-state index in [9.17, 15) is 9.90 Å². The van der Waals surface area contributed by atoms with Crippen molar-refractivity contribution in [3.8, 4) is 11.3 Å². The fourth-order valence-corrected chi connectivity index (χ4v) is 6.83. The average Bonchev–Trinajstić information content (AvgIpc) is 3.70. The van der Waals surface area contributed by atoms with Crippen LogP contribution in [0.5, 0.6) is 0 Å². The third-order valence-corrected chi connectivity index (χ3v) is 11.2. The number of carbonyl (C=O) groups is 1. The van der Waals surface area contributed by atoms with Gasteiger partial charge in [0.05, 0.1) is 6.26 Å². The molecule has 1 N–H and O–H groups in total. The number of benzene rings is 3. The van der Waals surface area contributed by atoms with Crippen molar-refractivity contribution in [3.05, 3.63) is 90.0 Å². The zero-order valence-corrected chi connectivity index (χ0v) is 35.3. The molecule has 0 saturated heterocycles. The van der Waals surface area contributed by atoms with Crippen LogP contribution < -0.4 is 0 Å². The van der Waals surface area contributed by atoms with Gasteiger partial charge in [-0.2, -0.15) is 0 Å². The van der Waals surface area contributed by atoms with E-state index in [1.165, 1.54) is 22.6 Å². The normalized spacial score (nSPS) is 12.8. The Labute approximate surface area is 323 Å². The van der Waals surface area contributed by atoms with E-state index in [1.54, 1.807) is 0 Å². The number of pyridine rings is 1. The number of ketones is 1. The molecular formula is C46H56IrNO4-. The number of hydrogen-bond donors (Lipinski definition) is 1. The van der Waals surface area contributed by atoms with Crippen LogP contribution in [-0.2, 0) is 36.7 Å². The van der Waals surface area contributed by atoms with Crippen molar-refractivity contribution in [2.75, 3.05) is 0 Å². The molecule has 5 nitrogen and oxygen atoms in total. The maximum atomic E-state index is 12.2. The third-order valence-electron chi connectivity index (χ3n) is 11.2. The molecule has 6 rings (SSSR count). The van der Waals surface area contributed by atoms with Crippen molar-refractivity contribution in [2.45, 2.75) is 114 Å². The van der Waals surface area contributed by atoms with E-state index in [0.29, 0.717) is 5.92 Å². The van der Waals surface area contributed by atoms with Crippen LogP contribution in [-0.4, -0.2) is 15.9 Å². The quantitative estimate of drug-likeness (QED) is 0.0843. The summed E-state index contributed by atoms with van der Waals surface area (Å²) in [5.41, 5.74) is 6.23. The Hall–Kier alpha value is -3.73. The van der Waals surface area contributed by atoms with Crippen LogP contribution in [0.1, 0.15) is 113 Å². The molecule has 0 unspecified atom stereocenters. The zero-order chi connectivity index (χ0) is 37.3. The van der Waals surface area contributed by atoms with Crippen LogP contribution in [0.25, 0.3) is 54.9 Å². The van der Waals surface area contributed by atoms with E-state index < -0.39 is 0 Å². The number of fused-ring (bicyclic) bond motifs is 6. The fraction of sp³-hybridized carbons (Fsp3) is 0.435. The minimum Gasteiger partial charge on any atom is -0.512 e. The van der Waals surface area contributed by atoms with Gasteiger partial charge in [-0.1, -0.05) is 105 Å². The molecule has 0 atom stereocenters. The predicted octanol–water partition coefficient (Wildman–Crippen LogP) is 13.5. The number of hydrogen-bond acceptors (Lipinski definition) is 5. The van der Waals surface area contributed by atoms with Crippen LogP contribution in [0.2, 0.25) is 0 Å². The van der Waals surface area contributed by atoms with Crippen LogP contribution in [0, 0.1) is 22.8 Å². The SMILES string of the molecule is CC(C)Cc1coc2ccc3oc4c(-c5[c-]c6ccccc6c(C(C)(C)C)c5)nccc4c3c12.CCC(C)(CC)C(=O)/C=C(\O)C(C)(CC)CC.[Ir]. The van der Waals surface area contributed by atoms with E-state index in [1.807, 2.05) is 66.1 Å². The summed E-state index contributed by atoms with van der Waals surface area (Å²) in [6, 6.07) is 20.4. The third kappa shape index (κ3) is 7.94. The van der Waals surface area contributed by atoms with Crippen molar-refractivity contribution in [1.82, 2.24) is 4.98 Å². The monoisotopic (exact) mass is 879 g/mol. The van der Waals surface area contributed by atoms with E-state index >= 15 is 0 Å². The number of aromatic nitrogens is 1. The molecule has 279 valence electrons. The largest absolute Gasteiger partial charge is 0.512 e. The summed E-state index contributed by atoms with van der Waals surface area (Å²) in [5.74, 6) is 0.822. The zero-order valence-electron chi connectivity index (χ0n) is 32.9. The first-order chi connectivity index (χ1) is 24.1. The van der Waals surface area contributed by atoms with E-state index in [4.69, 9.17) is 13.8 Å². The van der Waals surface area contributed by atoms with Crippen LogP contribution in [0.15, 0.2) is 81.7 Å². The predicted molar refractivity (Wildman–Crippen MR) is 213 cm³/mol. The fourth-order valence-electron chi connectivity index (χ4n) is 6.83. The number of allylic oxidation sites excluding steroid dienone is 2. The number of nitrogens with zero attached hydrogens (tertiary/aromatic N) is 1. The number of rotatable bonds is 10. The minimum absolute atomic E-state index is 0. The summed E-state index contributed by atoms with van der Waals surface area (Å²) in [6.45, 7) is 23.3. The van der Waals surface area contributed by atoms with Crippen molar-refractivity contribution >= 4 is 49.5 Å². The molecule has 3 heterocycles. The summed E-state index contributed by atoms with van der Waals surface area (Å²) in [4.78, 5) is 17.0. The molecule has 0 aliphatic heterocycles. The first-order valence-electron chi connectivity index (χ1n) is 18.7. The van der Waals surface area contributed by atoms with Gasteiger partial charge in [0.25, 0.3) is 0 Å². The number of aliphatic hydroxyl groups is 1. The molecule has 0 aliphatic carbocycles. The van der Waals surface area contributed by atoms with Crippen LogP contribution in [0.3, 0.4) is 0 Å². The summed E-state index contributed by atoms with van der Waals surface area (Å²) < 4.78 is 12.4. The number of aliphatic hydroxyl groups excluding tert-OH is 1. The maximum absolute atomic E-state index is 12.2. The standard InChI is InChI=1S/C31H28NO2.C15H28O2.Ir/c1-18(2)14-21-17-33-25-10-11-26-28(27(21)25)23-12-13-32-29(30(23)34-26)20-15-19-8-6-7-9-22(19)24(16-20)31(3,4)5;1-7-14(5,8-2)12(16)11-13(17)15(6,9-3)10-4;/h6-13,16-18H,14H2,1-5H3;11,16H,7-10H2,1-6H3;/q-1;;/b;12-11-;. The van der Waals surface area contributed by atoms with Gasteiger partial charge in [0.2, 0.25) is 0 Å². The Morgan fingerprint density at radius 3 is 2.12 bits per heavy atom. The van der Waals surface area contributed by atoms with E-state index in [2.05, 4.69) is 77.1 Å². The van der Waals surface area contributed by atoms with Gasteiger partial charge in [-0.3, -0.25) is 9.78 Å². The Kier molecular flexibility index (Phi) is 12.7. The topological polar surface area (TPSA) is 76.5 Å². The first kappa shape index (κ1) is 41.0. The van der Waals surface area contributed by atoms with Gasteiger partial charge in [-0.25, -0.2) is 0 Å². The van der Waals surface area contributed by atoms with E-state index in [0.717, 1.165) is 81.7 Å². The van der Waals surface area contributed by atoms with Crippen LogP contribution >= 0.6 is 0 Å². The van der Waals surface area contributed by atoms with Crippen molar-refractivity contribution in [1.29, 1.82) is 0 Å². The van der Waals surface area contributed by atoms with Gasteiger partial charge in [0.1, 0.15) is 22.5 Å². The summed E-state index contributed by atoms with van der Waals surface area (Å²) in [5, 5.41) is 15.8. The molecule has 52 heavy (non-hydrogen) atoms. The summed E-state index contributed by atoms with van der Waals surface area (Å²) in [7, 11) is 0. The minimum atomic E-state index is -0.337. The van der Waals surface area contributed by atoms with Gasteiger partial charge in [0.15, 0.2) is 5.78 Å². The Balaban J connectivity index is 0.000000289. The first-order valence-corrected chi connectivity index (χ1v) is 18.7. The molecular weight excluding hydrogens is 823 g/mol. The average molecular weight is 879 g/mol. The van der Waals surface area contributed by atoms with Gasteiger partial charge in [-0.05, 0) is 67.2 Å². The van der Waals surface area contributed by atoms with Gasteiger partial charge < -0.3 is 13.9 Å². The Morgan fingerprint density at radius 2 is 1.50 bits per heavy atom. The molecule has 1 radical (unpaired) electrons. The number of carbonyl (C=O) groups excluding carboxylic acids is 1. The molecule has 0 amide bonds. The molecule has 3 aromatic heterocycles. The second kappa shape index (κ2) is 16.1. The van der Waals surface area contributed by atoms with E-state index in [-0.39, 0.29) is 47.9 Å². The van der Waals surface area contributed by atoms with Crippen LogP contribution in [0.4, 0.5) is 0 Å². The molecule has 6 heteroatoms. The summed E-state index contributed by atoms with van der Waals surface area (Å²) >= 11 is 0. The molecule has 0 spiro atoms. The molecule has 0 aliphatic rings. The Bertz CT molecular complexity index is 2200. The smallest absolute Gasteiger partial charge is 0.164 e. The second-order valence-corrected chi connectivity index (χ2v) is 16.1. The van der Waals surface area contributed by atoms with Crippen molar-refractivity contribution in [2.24, 2.45) is 16.7 Å². The van der Waals surface area contributed by atoms with Crippen molar-refractivity contribution in [3.63, 3.8) is 0 Å². The number of furan rings is 2. The van der Waals surface area contributed by atoms with Gasteiger partial charge >= 0.3 is 0 Å². The molecule has 0 saturated carbocycles. The van der Waals surface area contributed by atoms with Gasteiger partial charge in [-0.15, -0.1) is 29.1 Å². The molecule has 0 fully saturated rings. The molecule has 6 aromatic rings. The second-order valence-electron chi connectivity index (χ2n) is 16.1. The Morgan fingerprint density at radius 1 is 0.865 bits per heavy atom.